The minimum absolute atomic E-state index is 0.151. The molecule has 0 aliphatic carbocycles. The molecule has 1 N–H and O–H groups in total. The fraction of sp³-hybridized carbons (Fsp3) is 0.625. The van der Waals surface area contributed by atoms with Crippen LogP contribution in [0.2, 0.25) is 0 Å². The summed E-state index contributed by atoms with van der Waals surface area (Å²) in [7, 11) is 0. The minimum Gasteiger partial charge on any atom is -0.460 e. The third-order valence-corrected chi connectivity index (χ3v) is 3.62. The van der Waals surface area contributed by atoms with Crippen LogP contribution in [0.25, 0.3) is 0 Å². The first-order valence-electron chi connectivity index (χ1n) is 10.5. The van der Waals surface area contributed by atoms with Crippen molar-refractivity contribution >= 4 is 17.9 Å². The average Bonchev–Trinajstić information content (AvgIpc) is 2.54. The first-order valence-corrected chi connectivity index (χ1v) is 10.5. The van der Waals surface area contributed by atoms with E-state index in [2.05, 4.69) is 5.32 Å². The van der Waals surface area contributed by atoms with Gasteiger partial charge in [0.25, 0.3) is 0 Å². The lowest BCUT2D eigenvalue weighted by Gasteiger charge is -2.26. The van der Waals surface area contributed by atoms with Crippen LogP contribution in [0.3, 0.4) is 0 Å². The molecule has 7 heteroatoms. The fourth-order valence-electron chi connectivity index (χ4n) is 2.50. The van der Waals surface area contributed by atoms with Crippen molar-refractivity contribution in [2.24, 2.45) is 0 Å². The zero-order valence-corrected chi connectivity index (χ0v) is 20.3. The molecule has 0 amide bonds. The maximum atomic E-state index is 12.6. The summed E-state index contributed by atoms with van der Waals surface area (Å²) in [5, 5.41) is 3.07. The van der Waals surface area contributed by atoms with Gasteiger partial charge in [-0.3, -0.25) is 14.9 Å². The molecule has 1 aromatic rings. The molecule has 0 bridgehead atoms. The van der Waals surface area contributed by atoms with E-state index >= 15 is 0 Å². The van der Waals surface area contributed by atoms with Crippen LogP contribution in [0.1, 0.15) is 84.7 Å². The Balaban J connectivity index is 2.84. The number of hydrogen-bond donors (Lipinski definition) is 1. The Morgan fingerprint density at radius 2 is 1.26 bits per heavy atom. The van der Waals surface area contributed by atoms with E-state index in [0.29, 0.717) is 12.1 Å². The van der Waals surface area contributed by atoms with Crippen molar-refractivity contribution < 1.29 is 28.6 Å². The Labute approximate surface area is 185 Å². The fourth-order valence-corrected chi connectivity index (χ4v) is 2.50. The number of esters is 3. The lowest BCUT2D eigenvalue weighted by atomic mass is 10.1. The van der Waals surface area contributed by atoms with Crippen LogP contribution in [0.15, 0.2) is 24.3 Å². The highest BCUT2D eigenvalue weighted by molar-refractivity contribution is 5.89. The van der Waals surface area contributed by atoms with E-state index in [4.69, 9.17) is 14.2 Å². The molecule has 1 unspecified atom stereocenters. The van der Waals surface area contributed by atoms with Crippen LogP contribution in [-0.2, 0) is 30.3 Å². The molecule has 0 aromatic heterocycles. The van der Waals surface area contributed by atoms with Crippen molar-refractivity contribution in [3.63, 3.8) is 0 Å². The summed E-state index contributed by atoms with van der Waals surface area (Å²) in [5.41, 5.74) is -0.617. The summed E-state index contributed by atoms with van der Waals surface area (Å²) in [6, 6.07) is 6.01. The van der Waals surface area contributed by atoms with Crippen LogP contribution in [-0.4, -0.2) is 40.8 Å². The Kier molecular flexibility index (Phi) is 8.82. The van der Waals surface area contributed by atoms with E-state index in [1.165, 1.54) is 0 Å². The molecule has 174 valence electrons. The normalized spacial score (nSPS) is 13.3. The second-order valence-corrected chi connectivity index (χ2v) is 10.5. The van der Waals surface area contributed by atoms with E-state index in [-0.39, 0.29) is 6.42 Å². The van der Waals surface area contributed by atoms with E-state index in [1.807, 2.05) is 20.8 Å². The zero-order chi connectivity index (χ0) is 24.0. The van der Waals surface area contributed by atoms with Gasteiger partial charge in [0.15, 0.2) is 0 Å². The van der Waals surface area contributed by atoms with Crippen LogP contribution < -0.4 is 5.32 Å². The quantitative estimate of drug-likeness (QED) is 0.508. The van der Waals surface area contributed by atoms with Crippen LogP contribution in [0.5, 0.6) is 0 Å². The van der Waals surface area contributed by atoms with E-state index in [1.54, 1.807) is 65.8 Å². The highest BCUT2D eigenvalue weighted by Crippen LogP contribution is 2.15. The smallest absolute Gasteiger partial charge is 0.338 e. The van der Waals surface area contributed by atoms with Crippen molar-refractivity contribution in [3.8, 4) is 0 Å². The van der Waals surface area contributed by atoms with Crippen molar-refractivity contribution in [2.45, 2.75) is 98.1 Å². The number of nitrogens with one attached hydrogen (secondary N) is 1. The number of benzene rings is 1. The molecule has 0 saturated carbocycles. The maximum Gasteiger partial charge on any atom is 0.338 e. The molecule has 31 heavy (non-hydrogen) atoms. The van der Waals surface area contributed by atoms with Gasteiger partial charge in [0, 0.05) is 6.54 Å². The Bertz CT molecular complexity index is 763. The van der Waals surface area contributed by atoms with E-state index < -0.39 is 40.8 Å². The molecule has 0 saturated heterocycles. The summed E-state index contributed by atoms with van der Waals surface area (Å²) in [6.07, 6.45) is -0.151. The van der Waals surface area contributed by atoms with Crippen LogP contribution >= 0.6 is 0 Å². The molecule has 0 aliphatic rings. The van der Waals surface area contributed by atoms with E-state index in [0.717, 1.165) is 5.56 Å². The summed E-state index contributed by atoms with van der Waals surface area (Å²) >= 11 is 0. The highest BCUT2D eigenvalue weighted by Gasteiger charge is 2.29. The van der Waals surface area contributed by atoms with Gasteiger partial charge in [-0.2, -0.15) is 0 Å². The minimum atomic E-state index is -0.861. The molecule has 0 fully saturated rings. The third kappa shape index (κ3) is 11.5. The first-order chi connectivity index (χ1) is 14.0. The molecule has 1 atom stereocenters. The van der Waals surface area contributed by atoms with Gasteiger partial charge in [0.1, 0.15) is 22.8 Å². The Hall–Kier alpha value is -2.41. The lowest BCUT2D eigenvalue weighted by Crippen LogP contribution is -2.43. The number of ether oxygens (including phenoxy) is 3. The van der Waals surface area contributed by atoms with Gasteiger partial charge in [-0.15, -0.1) is 0 Å². The topological polar surface area (TPSA) is 90.9 Å². The Morgan fingerprint density at radius 1 is 0.774 bits per heavy atom. The molecule has 0 radical (unpaired) electrons. The summed E-state index contributed by atoms with van der Waals surface area (Å²) < 4.78 is 16.1. The second-order valence-electron chi connectivity index (χ2n) is 10.5. The highest BCUT2D eigenvalue weighted by atomic mass is 16.6. The SMILES string of the molecule is CC(C)(C)OC(=O)CC(NCc1ccc(C(=O)OC(C)(C)C)cc1)C(=O)OC(C)(C)C. The van der Waals surface area contributed by atoms with Crippen molar-refractivity contribution in [1.29, 1.82) is 0 Å². The standard InChI is InChI=1S/C24H37NO6/c1-22(2,3)29-19(26)14-18(21(28)31-24(7,8)9)25-15-16-10-12-17(13-11-16)20(27)30-23(4,5)6/h10-13,18,25H,14-15H2,1-9H3. The molecular formula is C24H37NO6. The van der Waals surface area contributed by atoms with E-state index in [9.17, 15) is 14.4 Å². The number of hydrogen-bond acceptors (Lipinski definition) is 7. The molecule has 7 nitrogen and oxygen atoms in total. The van der Waals surface area contributed by atoms with Gasteiger partial charge in [0.2, 0.25) is 0 Å². The monoisotopic (exact) mass is 435 g/mol. The summed E-state index contributed by atoms with van der Waals surface area (Å²) in [4.78, 5) is 37.0. The Morgan fingerprint density at radius 3 is 1.71 bits per heavy atom. The maximum absolute atomic E-state index is 12.6. The average molecular weight is 436 g/mol. The first kappa shape index (κ1) is 26.6. The van der Waals surface area contributed by atoms with Gasteiger partial charge in [0.05, 0.1) is 12.0 Å². The molecular weight excluding hydrogens is 398 g/mol. The largest absolute Gasteiger partial charge is 0.460 e. The molecule has 0 spiro atoms. The van der Waals surface area contributed by atoms with Gasteiger partial charge >= 0.3 is 17.9 Å². The van der Waals surface area contributed by atoms with Gasteiger partial charge in [-0.25, -0.2) is 4.79 Å². The van der Waals surface area contributed by atoms with Crippen molar-refractivity contribution in [3.05, 3.63) is 35.4 Å². The zero-order valence-electron chi connectivity index (χ0n) is 20.3. The van der Waals surface area contributed by atoms with Gasteiger partial charge < -0.3 is 14.2 Å². The number of carbonyl (C=O) groups excluding carboxylic acids is 3. The third-order valence-electron chi connectivity index (χ3n) is 3.62. The molecule has 1 rings (SSSR count). The van der Waals surface area contributed by atoms with Gasteiger partial charge in [-0.05, 0) is 80.0 Å². The number of carbonyl (C=O) groups is 3. The molecule has 0 aliphatic heterocycles. The van der Waals surface area contributed by atoms with Gasteiger partial charge in [-0.1, -0.05) is 12.1 Å². The second kappa shape index (κ2) is 10.3. The predicted molar refractivity (Wildman–Crippen MR) is 119 cm³/mol. The van der Waals surface area contributed by atoms with Crippen LogP contribution in [0, 0.1) is 0 Å². The summed E-state index contributed by atoms with van der Waals surface area (Å²) in [5.74, 6) is -1.41. The predicted octanol–water partition coefficient (Wildman–Crippen LogP) is 4.17. The van der Waals surface area contributed by atoms with Crippen molar-refractivity contribution in [1.82, 2.24) is 5.32 Å². The van der Waals surface area contributed by atoms with Crippen LogP contribution in [0.4, 0.5) is 0 Å². The molecule has 1 aromatic carbocycles. The van der Waals surface area contributed by atoms with Crippen molar-refractivity contribution in [2.75, 3.05) is 0 Å². The number of rotatable bonds is 7. The lowest BCUT2D eigenvalue weighted by molar-refractivity contribution is -0.164. The molecule has 0 heterocycles. The summed E-state index contributed by atoms with van der Waals surface area (Å²) in [6.45, 7) is 16.4.